The van der Waals surface area contributed by atoms with Gasteiger partial charge in [0.2, 0.25) is 5.91 Å². The minimum absolute atomic E-state index is 0.140. The number of nitrogens with two attached hydrogens (primary N) is 1. The molecule has 0 saturated heterocycles. The van der Waals surface area contributed by atoms with Crippen LogP contribution in [0.2, 0.25) is 0 Å². The van der Waals surface area contributed by atoms with Crippen molar-refractivity contribution in [1.82, 2.24) is 9.78 Å². The van der Waals surface area contributed by atoms with Gasteiger partial charge in [-0.2, -0.15) is 5.10 Å². The molecule has 0 aliphatic carbocycles. The summed E-state index contributed by atoms with van der Waals surface area (Å²) in [6, 6.07) is 7.28. The minimum Gasteiger partial charge on any atom is -0.382 e. The molecule has 0 atom stereocenters. The molecule has 2 aromatic rings. The van der Waals surface area contributed by atoms with Crippen LogP contribution in [0, 0.1) is 3.57 Å². The Labute approximate surface area is 126 Å². The lowest BCUT2D eigenvalue weighted by atomic mass is 10.3. The van der Waals surface area contributed by atoms with Crippen LogP contribution in [-0.4, -0.2) is 15.7 Å². The number of aromatic nitrogens is 2. The number of carbonyl (C=O) groups is 1. The largest absolute Gasteiger partial charge is 0.382 e. The van der Waals surface area contributed by atoms with Gasteiger partial charge in [-0.25, -0.2) is 0 Å². The second kappa shape index (κ2) is 5.70. The van der Waals surface area contributed by atoms with Crippen LogP contribution in [0.15, 0.2) is 34.9 Å². The highest BCUT2D eigenvalue weighted by Crippen LogP contribution is 2.22. The highest BCUT2D eigenvalue weighted by Gasteiger charge is 2.06. The Kier molecular flexibility index (Phi) is 4.23. The van der Waals surface area contributed by atoms with Gasteiger partial charge < -0.3 is 11.1 Å². The van der Waals surface area contributed by atoms with Gasteiger partial charge in [-0.3, -0.25) is 9.48 Å². The summed E-state index contributed by atoms with van der Waals surface area (Å²) in [5.41, 5.74) is 6.22. The summed E-state index contributed by atoms with van der Waals surface area (Å²) in [6.45, 7) is 0.140. The highest BCUT2D eigenvalue weighted by atomic mass is 127. The molecule has 7 heteroatoms. The van der Waals surface area contributed by atoms with Crippen LogP contribution in [0.5, 0.6) is 0 Å². The zero-order chi connectivity index (χ0) is 13.1. The maximum Gasteiger partial charge on any atom is 0.246 e. The first-order valence-electron chi connectivity index (χ1n) is 5.08. The smallest absolute Gasteiger partial charge is 0.246 e. The molecule has 0 aliphatic heterocycles. The van der Waals surface area contributed by atoms with Crippen molar-refractivity contribution in [2.45, 2.75) is 6.54 Å². The maximum absolute atomic E-state index is 11.8. The Morgan fingerprint density at radius 3 is 2.89 bits per heavy atom. The molecule has 94 valence electrons. The third kappa shape index (κ3) is 3.45. The number of nitrogen functional groups attached to an aromatic ring is 1. The van der Waals surface area contributed by atoms with Crippen LogP contribution >= 0.6 is 38.5 Å². The van der Waals surface area contributed by atoms with E-state index in [4.69, 9.17) is 5.73 Å². The average Bonchev–Trinajstić information content (AvgIpc) is 2.69. The topological polar surface area (TPSA) is 72.9 Å². The van der Waals surface area contributed by atoms with Crippen molar-refractivity contribution in [3.8, 4) is 0 Å². The number of rotatable bonds is 3. The lowest BCUT2D eigenvalue weighted by molar-refractivity contribution is -0.116. The van der Waals surface area contributed by atoms with E-state index >= 15 is 0 Å². The summed E-state index contributed by atoms with van der Waals surface area (Å²) >= 11 is 5.62. The molecule has 18 heavy (non-hydrogen) atoms. The molecule has 1 aromatic heterocycles. The van der Waals surface area contributed by atoms with E-state index in [0.29, 0.717) is 5.82 Å². The zero-order valence-electron chi connectivity index (χ0n) is 9.23. The minimum atomic E-state index is -0.147. The Bertz CT molecular complexity index is 584. The molecule has 1 aromatic carbocycles. The molecule has 1 heterocycles. The number of benzene rings is 1. The van der Waals surface area contributed by atoms with Crippen LogP contribution in [0.1, 0.15) is 0 Å². The fraction of sp³-hybridized carbons (Fsp3) is 0.0909. The monoisotopic (exact) mass is 420 g/mol. The number of halogens is 2. The van der Waals surface area contributed by atoms with Gasteiger partial charge in [0.15, 0.2) is 0 Å². The molecule has 0 fully saturated rings. The van der Waals surface area contributed by atoms with Crippen LogP contribution in [0.25, 0.3) is 0 Å². The molecule has 0 radical (unpaired) electrons. The van der Waals surface area contributed by atoms with E-state index in [2.05, 4.69) is 48.9 Å². The van der Waals surface area contributed by atoms with Gasteiger partial charge in [-0.15, -0.1) is 0 Å². The second-order valence-electron chi connectivity index (χ2n) is 3.62. The van der Waals surface area contributed by atoms with Crippen molar-refractivity contribution < 1.29 is 4.79 Å². The van der Waals surface area contributed by atoms with Gasteiger partial charge in [0.1, 0.15) is 12.4 Å². The van der Waals surface area contributed by atoms with Crippen molar-refractivity contribution >= 4 is 55.9 Å². The van der Waals surface area contributed by atoms with E-state index < -0.39 is 0 Å². The summed E-state index contributed by atoms with van der Waals surface area (Å²) in [7, 11) is 0. The van der Waals surface area contributed by atoms with Crippen molar-refractivity contribution in [3.05, 3.63) is 38.5 Å². The summed E-state index contributed by atoms with van der Waals surface area (Å²) in [5, 5.41) is 6.74. The predicted octanol–water partition coefficient (Wildman–Crippen LogP) is 2.47. The summed E-state index contributed by atoms with van der Waals surface area (Å²) in [5.74, 6) is 0.256. The Hall–Kier alpha value is -1.09. The van der Waals surface area contributed by atoms with Crippen LogP contribution in [-0.2, 0) is 11.3 Å². The Morgan fingerprint density at radius 1 is 1.50 bits per heavy atom. The normalized spacial score (nSPS) is 10.3. The molecule has 3 N–H and O–H groups in total. The van der Waals surface area contributed by atoms with Crippen molar-refractivity contribution in [2.24, 2.45) is 0 Å². The van der Waals surface area contributed by atoms with Gasteiger partial charge in [0.05, 0.1) is 0 Å². The number of amides is 1. The van der Waals surface area contributed by atoms with Gasteiger partial charge in [0, 0.05) is 19.9 Å². The number of anilines is 2. The third-order valence-corrected chi connectivity index (χ3v) is 4.51. The fourth-order valence-corrected chi connectivity index (χ4v) is 2.10. The maximum atomic E-state index is 11.8. The van der Waals surface area contributed by atoms with E-state index in [9.17, 15) is 4.79 Å². The summed E-state index contributed by atoms with van der Waals surface area (Å²) in [4.78, 5) is 11.8. The van der Waals surface area contributed by atoms with Crippen molar-refractivity contribution in [3.63, 3.8) is 0 Å². The van der Waals surface area contributed by atoms with E-state index in [1.807, 2.05) is 18.2 Å². The van der Waals surface area contributed by atoms with E-state index in [-0.39, 0.29) is 12.5 Å². The van der Waals surface area contributed by atoms with Crippen LogP contribution < -0.4 is 11.1 Å². The van der Waals surface area contributed by atoms with Crippen molar-refractivity contribution in [2.75, 3.05) is 11.1 Å². The van der Waals surface area contributed by atoms with Crippen LogP contribution in [0.3, 0.4) is 0 Å². The second-order valence-corrected chi connectivity index (χ2v) is 5.63. The number of nitrogens with one attached hydrogen (secondary N) is 1. The van der Waals surface area contributed by atoms with Gasteiger partial charge >= 0.3 is 0 Å². The fourth-order valence-electron chi connectivity index (χ4n) is 1.39. The lowest BCUT2D eigenvalue weighted by Crippen LogP contribution is -2.19. The molecule has 0 bridgehead atoms. The van der Waals surface area contributed by atoms with E-state index in [0.717, 1.165) is 13.7 Å². The third-order valence-electron chi connectivity index (χ3n) is 2.17. The molecule has 0 spiro atoms. The number of hydrogen-bond donors (Lipinski definition) is 2. The first kappa shape index (κ1) is 13.3. The van der Waals surface area contributed by atoms with Gasteiger partial charge in [-0.05, 0) is 62.8 Å². The number of carbonyl (C=O) groups excluding carboxylic acids is 1. The standard InChI is InChI=1S/C11H10BrIN4O/c12-8-5-7(1-2-9(8)13)15-11(18)6-17-4-3-10(14)16-17/h1-5H,6H2,(H2,14,16)(H,15,18). The summed E-state index contributed by atoms with van der Waals surface area (Å²) < 4.78 is 3.53. The van der Waals surface area contributed by atoms with Gasteiger partial charge in [0.25, 0.3) is 0 Å². The highest BCUT2D eigenvalue weighted by molar-refractivity contribution is 14.1. The quantitative estimate of drug-likeness (QED) is 0.749. The molecule has 0 saturated carbocycles. The lowest BCUT2D eigenvalue weighted by Gasteiger charge is -2.06. The molecule has 5 nitrogen and oxygen atoms in total. The molecule has 0 unspecified atom stereocenters. The van der Waals surface area contributed by atoms with E-state index in [1.165, 1.54) is 4.68 Å². The Morgan fingerprint density at radius 2 is 2.28 bits per heavy atom. The first-order chi connectivity index (χ1) is 8.54. The summed E-state index contributed by atoms with van der Waals surface area (Å²) in [6.07, 6.45) is 1.67. The first-order valence-corrected chi connectivity index (χ1v) is 6.95. The average molecular weight is 421 g/mol. The van der Waals surface area contributed by atoms with Crippen molar-refractivity contribution in [1.29, 1.82) is 0 Å². The van der Waals surface area contributed by atoms with Gasteiger partial charge in [-0.1, -0.05) is 0 Å². The molecular weight excluding hydrogens is 411 g/mol. The molecule has 0 aliphatic rings. The molecule has 2 rings (SSSR count). The van der Waals surface area contributed by atoms with E-state index in [1.54, 1.807) is 12.3 Å². The SMILES string of the molecule is Nc1ccn(CC(=O)Nc2ccc(I)c(Br)c2)n1. The molecular formula is C11H10BrIN4O. The molecule has 1 amide bonds. The Balaban J connectivity index is 2.00. The zero-order valence-corrected chi connectivity index (χ0v) is 13.0. The van der Waals surface area contributed by atoms with Crippen LogP contribution in [0.4, 0.5) is 11.5 Å². The predicted molar refractivity (Wildman–Crippen MR) is 82.1 cm³/mol. The number of nitrogens with zero attached hydrogens (tertiary/aromatic N) is 2. The number of hydrogen-bond acceptors (Lipinski definition) is 3.